The van der Waals surface area contributed by atoms with Crippen LogP contribution in [0.5, 0.6) is 11.5 Å². The summed E-state index contributed by atoms with van der Waals surface area (Å²) < 4.78 is 18.4. The van der Waals surface area contributed by atoms with Crippen molar-refractivity contribution in [1.82, 2.24) is 4.57 Å². The fraction of sp³-hybridized carbons (Fsp3) is 0.242. The zero-order valence-corrected chi connectivity index (χ0v) is 26.3. The minimum absolute atomic E-state index is 0.155. The molecule has 0 unspecified atom stereocenters. The van der Waals surface area contributed by atoms with Crippen molar-refractivity contribution in [1.29, 1.82) is 0 Å². The first-order valence-corrected chi connectivity index (χ1v) is 14.9. The molecule has 1 atom stereocenters. The number of aromatic nitrogens is 1. The summed E-state index contributed by atoms with van der Waals surface area (Å²) in [6.07, 6.45) is 1.45. The highest BCUT2D eigenvalue weighted by atomic mass is 32.1. The summed E-state index contributed by atoms with van der Waals surface area (Å²) in [6, 6.07) is 18.9. The van der Waals surface area contributed by atoms with E-state index in [1.165, 1.54) is 29.9 Å². The Morgan fingerprint density at radius 1 is 1.11 bits per heavy atom. The smallest absolute Gasteiger partial charge is 0.338 e. The van der Waals surface area contributed by atoms with Crippen molar-refractivity contribution in [2.75, 3.05) is 32.7 Å². The summed E-state index contributed by atoms with van der Waals surface area (Å²) in [4.78, 5) is 45.8. The molecule has 4 aromatic rings. The van der Waals surface area contributed by atoms with Crippen LogP contribution >= 0.6 is 11.3 Å². The summed E-state index contributed by atoms with van der Waals surface area (Å²) in [5.41, 5.74) is 2.64. The highest BCUT2D eigenvalue weighted by Gasteiger charge is 2.33. The number of carbonyl (C=O) groups excluding carboxylic acids is 1. The number of fused-ring (bicyclic) bond motifs is 1. The molecule has 0 bridgehead atoms. The van der Waals surface area contributed by atoms with Crippen LogP contribution in [0.25, 0.3) is 6.08 Å². The molecule has 0 aliphatic carbocycles. The molecule has 0 fully saturated rings. The predicted molar refractivity (Wildman–Crippen MR) is 172 cm³/mol. The minimum atomic E-state index is -0.808. The summed E-state index contributed by atoms with van der Waals surface area (Å²) in [5.74, 6) is -0.0985. The Morgan fingerprint density at radius 3 is 2.44 bits per heavy atom. The number of allylic oxidation sites excluding steroid dienone is 1. The van der Waals surface area contributed by atoms with Gasteiger partial charge in [-0.15, -0.1) is 0 Å². The number of rotatable bonds is 10. The van der Waals surface area contributed by atoms with Gasteiger partial charge in [0.1, 0.15) is 6.61 Å². The van der Waals surface area contributed by atoms with Crippen molar-refractivity contribution in [3.63, 3.8) is 0 Å². The highest BCUT2D eigenvalue weighted by molar-refractivity contribution is 7.07. The number of nitro benzene ring substituents is 1. The molecule has 3 aromatic carbocycles. The Kier molecular flexibility index (Phi) is 9.14. The van der Waals surface area contributed by atoms with Gasteiger partial charge in [-0.1, -0.05) is 53.8 Å². The molecule has 11 nitrogen and oxygen atoms in total. The maximum Gasteiger partial charge on any atom is 0.338 e. The van der Waals surface area contributed by atoms with Gasteiger partial charge in [-0.2, -0.15) is 0 Å². The molecule has 0 N–H and O–H groups in total. The number of ether oxygens (including phenoxy) is 3. The molecule has 2 heterocycles. The number of thiazole rings is 1. The molecule has 0 spiro atoms. The normalized spacial score (nSPS) is 14.4. The number of methoxy groups -OCH3 is 1. The van der Waals surface area contributed by atoms with E-state index in [0.29, 0.717) is 16.1 Å². The van der Waals surface area contributed by atoms with Crippen LogP contribution in [-0.2, 0) is 16.1 Å². The molecule has 5 rings (SSSR count). The van der Waals surface area contributed by atoms with Crippen LogP contribution in [0.3, 0.4) is 0 Å². The van der Waals surface area contributed by atoms with Crippen LogP contribution in [0.15, 0.2) is 87.8 Å². The van der Waals surface area contributed by atoms with E-state index in [1.807, 2.05) is 73.6 Å². The lowest BCUT2D eigenvalue weighted by Gasteiger charge is -2.25. The van der Waals surface area contributed by atoms with E-state index in [2.05, 4.69) is 4.99 Å². The molecule has 1 aromatic heterocycles. The van der Waals surface area contributed by atoms with Crippen LogP contribution in [-0.4, -0.2) is 43.3 Å². The Morgan fingerprint density at radius 2 is 1.82 bits per heavy atom. The van der Waals surface area contributed by atoms with Crippen molar-refractivity contribution >= 4 is 34.8 Å². The summed E-state index contributed by atoms with van der Waals surface area (Å²) in [7, 11) is 5.28. The third-order valence-corrected chi connectivity index (χ3v) is 8.26. The first-order chi connectivity index (χ1) is 21.6. The Balaban J connectivity index is 1.64. The van der Waals surface area contributed by atoms with E-state index in [0.717, 1.165) is 22.6 Å². The molecule has 45 heavy (non-hydrogen) atoms. The second-order valence-corrected chi connectivity index (χ2v) is 11.4. The Labute approximate surface area is 263 Å². The monoisotopic (exact) mass is 628 g/mol. The zero-order chi connectivity index (χ0) is 32.2. The lowest BCUT2D eigenvalue weighted by atomic mass is 9.95. The third-order valence-electron chi connectivity index (χ3n) is 7.28. The van der Waals surface area contributed by atoms with Gasteiger partial charge in [0.2, 0.25) is 0 Å². The topological polar surface area (TPSA) is 126 Å². The van der Waals surface area contributed by atoms with Gasteiger partial charge < -0.3 is 19.1 Å². The number of carbonyl (C=O) groups is 1. The van der Waals surface area contributed by atoms with E-state index in [4.69, 9.17) is 14.2 Å². The van der Waals surface area contributed by atoms with Gasteiger partial charge in [-0.25, -0.2) is 9.79 Å². The van der Waals surface area contributed by atoms with E-state index in [1.54, 1.807) is 13.8 Å². The van der Waals surface area contributed by atoms with Gasteiger partial charge in [0.25, 0.3) is 11.2 Å². The molecule has 12 heteroatoms. The number of nitrogens with zero attached hydrogens (tertiary/aromatic N) is 4. The zero-order valence-electron chi connectivity index (χ0n) is 25.5. The molecular weight excluding hydrogens is 596 g/mol. The van der Waals surface area contributed by atoms with Crippen LogP contribution in [0.2, 0.25) is 0 Å². The molecule has 232 valence electrons. The lowest BCUT2D eigenvalue weighted by molar-refractivity contribution is -0.385. The molecule has 0 amide bonds. The van der Waals surface area contributed by atoms with E-state index >= 15 is 0 Å². The second kappa shape index (κ2) is 13.2. The van der Waals surface area contributed by atoms with Crippen molar-refractivity contribution in [2.24, 2.45) is 4.99 Å². The standard InChI is InChI=1S/C33H32N4O7S/c1-6-43-32(39)29-20(2)34-33-36(30(29)22-12-14-24(15-13-22)35(3)4)31(38)28(45-33)17-23-16-26(42-5)27(18-25(23)37(40)41)44-19-21-10-8-7-9-11-21/h7-18,30H,6,19H2,1-5H3/b28-17-/t30-/m0/s1. The van der Waals surface area contributed by atoms with Crippen molar-refractivity contribution in [3.05, 3.63) is 124 Å². The highest BCUT2D eigenvalue weighted by Crippen LogP contribution is 2.36. The summed E-state index contributed by atoms with van der Waals surface area (Å²) >= 11 is 1.08. The maximum atomic E-state index is 14.0. The van der Waals surface area contributed by atoms with Crippen molar-refractivity contribution in [2.45, 2.75) is 26.5 Å². The molecule has 1 aliphatic heterocycles. The third kappa shape index (κ3) is 6.36. The van der Waals surface area contributed by atoms with Crippen molar-refractivity contribution < 1.29 is 23.9 Å². The molecule has 0 saturated carbocycles. The summed E-state index contributed by atoms with van der Waals surface area (Å²) in [5, 5.41) is 12.2. The largest absolute Gasteiger partial charge is 0.493 e. The van der Waals surface area contributed by atoms with Crippen LogP contribution < -0.4 is 29.3 Å². The average Bonchev–Trinajstić information content (AvgIpc) is 3.33. The van der Waals surface area contributed by atoms with E-state index < -0.39 is 22.5 Å². The molecule has 0 radical (unpaired) electrons. The number of hydrogen-bond donors (Lipinski definition) is 0. The van der Waals surface area contributed by atoms with Crippen LogP contribution in [0, 0.1) is 10.1 Å². The van der Waals surface area contributed by atoms with Gasteiger partial charge in [0.15, 0.2) is 16.3 Å². The fourth-order valence-electron chi connectivity index (χ4n) is 5.05. The van der Waals surface area contributed by atoms with Gasteiger partial charge in [0, 0.05) is 19.8 Å². The number of esters is 1. The van der Waals surface area contributed by atoms with Gasteiger partial charge in [0.05, 0.1) is 52.1 Å². The predicted octanol–water partition coefficient (Wildman–Crippen LogP) is 4.36. The van der Waals surface area contributed by atoms with Gasteiger partial charge in [-0.05, 0) is 49.2 Å². The first-order valence-electron chi connectivity index (χ1n) is 14.1. The fourth-order valence-corrected chi connectivity index (χ4v) is 6.09. The first kappa shape index (κ1) is 31.2. The number of hydrogen-bond acceptors (Lipinski definition) is 10. The van der Waals surface area contributed by atoms with E-state index in [9.17, 15) is 19.7 Å². The SMILES string of the molecule is CCOC(=O)C1=C(C)N=c2s/c(=C\c3cc(OC)c(OCc4ccccc4)cc3[N+](=O)[O-])c(=O)n2[C@H]1c1ccc(N(C)C)cc1. The molecule has 0 saturated heterocycles. The summed E-state index contributed by atoms with van der Waals surface area (Å²) in [6.45, 7) is 3.75. The quantitative estimate of drug-likeness (QED) is 0.144. The minimum Gasteiger partial charge on any atom is -0.493 e. The van der Waals surface area contributed by atoms with Crippen LogP contribution in [0.1, 0.15) is 36.6 Å². The second-order valence-electron chi connectivity index (χ2n) is 10.4. The average molecular weight is 629 g/mol. The number of benzene rings is 3. The van der Waals surface area contributed by atoms with Crippen LogP contribution in [0.4, 0.5) is 11.4 Å². The van der Waals surface area contributed by atoms with Crippen molar-refractivity contribution in [3.8, 4) is 11.5 Å². The van der Waals surface area contributed by atoms with E-state index in [-0.39, 0.29) is 46.1 Å². The lowest BCUT2D eigenvalue weighted by Crippen LogP contribution is -2.40. The van der Waals surface area contributed by atoms with Gasteiger partial charge in [-0.3, -0.25) is 19.5 Å². The number of anilines is 1. The Hall–Kier alpha value is -5.23. The van der Waals surface area contributed by atoms with Gasteiger partial charge >= 0.3 is 5.97 Å². The maximum absolute atomic E-state index is 14.0. The Bertz CT molecular complexity index is 1960. The molecule has 1 aliphatic rings. The molecular formula is C33H32N4O7S. The number of nitro groups is 1.